The van der Waals surface area contributed by atoms with Gasteiger partial charge in [0.15, 0.2) is 0 Å². The monoisotopic (exact) mass is 522 g/mol. The van der Waals surface area contributed by atoms with Crippen molar-refractivity contribution in [1.29, 1.82) is 0 Å². The van der Waals surface area contributed by atoms with Gasteiger partial charge in [0.05, 0.1) is 29.7 Å². The summed E-state index contributed by atoms with van der Waals surface area (Å²) in [7, 11) is 0. The number of anilines is 1. The minimum absolute atomic E-state index is 0.0408. The first-order valence-corrected chi connectivity index (χ1v) is 11.9. The molecule has 3 rings (SSSR count). The number of carbonyl (C=O) groups is 4. The second-order valence-corrected chi connectivity index (χ2v) is 8.50. The second-order valence-electron chi connectivity index (χ2n) is 8.09. The number of benzene rings is 3. The quantitative estimate of drug-likeness (QED) is 0.259. The van der Waals surface area contributed by atoms with Crippen LogP contribution in [0.25, 0.3) is 11.1 Å². The summed E-state index contributed by atoms with van der Waals surface area (Å²) in [5.74, 6) is -2.05. The lowest BCUT2D eigenvalue weighted by Gasteiger charge is -2.18. The molecule has 1 unspecified atom stereocenters. The van der Waals surface area contributed by atoms with Gasteiger partial charge in [-0.2, -0.15) is 0 Å². The number of halogens is 1. The van der Waals surface area contributed by atoms with E-state index in [0.29, 0.717) is 16.3 Å². The molecule has 0 aliphatic rings. The van der Waals surface area contributed by atoms with Gasteiger partial charge in [-0.1, -0.05) is 78.3 Å². The Hall–Kier alpha value is -4.37. The minimum Gasteiger partial charge on any atom is -0.481 e. The molecule has 0 saturated heterocycles. The fraction of sp³-hybridized carbons (Fsp3) is 0.185. The predicted molar refractivity (Wildman–Crippen MR) is 141 cm³/mol. The summed E-state index contributed by atoms with van der Waals surface area (Å²) >= 11 is 5.98. The maximum Gasteiger partial charge on any atom is 0.319 e. The summed E-state index contributed by atoms with van der Waals surface area (Å²) in [6.45, 7) is -0.290. The zero-order valence-electron chi connectivity index (χ0n) is 19.9. The van der Waals surface area contributed by atoms with E-state index < -0.39 is 29.9 Å². The fourth-order valence-electron chi connectivity index (χ4n) is 3.50. The number of hydrogen-bond donors (Lipinski definition) is 5. The first-order chi connectivity index (χ1) is 17.8. The summed E-state index contributed by atoms with van der Waals surface area (Å²) in [5.41, 5.74) is 3.06. The van der Waals surface area contributed by atoms with E-state index in [1.165, 1.54) is 0 Å². The molecule has 0 heterocycles. The van der Waals surface area contributed by atoms with Crippen LogP contribution in [-0.2, 0) is 14.4 Å². The molecule has 192 valence electrons. The van der Waals surface area contributed by atoms with E-state index >= 15 is 0 Å². The molecule has 0 spiro atoms. The number of hydrogen-bond acceptors (Lipinski definition) is 4. The van der Waals surface area contributed by atoms with Gasteiger partial charge < -0.3 is 26.4 Å². The molecule has 0 saturated carbocycles. The molecule has 0 aliphatic carbocycles. The van der Waals surface area contributed by atoms with Crippen LogP contribution in [0.4, 0.5) is 10.5 Å². The Morgan fingerprint density at radius 2 is 1.43 bits per heavy atom. The van der Waals surface area contributed by atoms with Crippen LogP contribution in [0.3, 0.4) is 0 Å². The van der Waals surface area contributed by atoms with E-state index in [1.807, 2.05) is 42.5 Å². The maximum absolute atomic E-state index is 12.4. The Morgan fingerprint density at radius 3 is 2.11 bits per heavy atom. The molecule has 3 aromatic rings. The van der Waals surface area contributed by atoms with Crippen molar-refractivity contribution in [3.05, 3.63) is 89.4 Å². The van der Waals surface area contributed by atoms with Gasteiger partial charge in [0.1, 0.15) is 0 Å². The number of urea groups is 1. The molecule has 0 fully saturated rings. The lowest BCUT2D eigenvalue weighted by atomic mass is 9.99. The van der Waals surface area contributed by atoms with Gasteiger partial charge in [-0.3, -0.25) is 14.4 Å². The average Bonchev–Trinajstić information content (AvgIpc) is 2.89. The Morgan fingerprint density at radius 1 is 0.784 bits per heavy atom. The van der Waals surface area contributed by atoms with Crippen molar-refractivity contribution in [2.75, 3.05) is 18.4 Å². The Kier molecular flexibility index (Phi) is 10.0. The smallest absolute Gasteiger partial charge is 0.319 e. The highest BCUT2D eigenvalue weighted by Gasteiger charge is 2.19. The molecule has 37 heavy (non-hydrogen) atoms. The predicted octanol–water partition coefficient (Wildman–Crippen LogP) is 3.97. The molecular weight excluding hydrogens is 496 g/mol. The van der Waals surface area contributed by atoms with Crippen molar-refractivity contribution < 1.29 is 24.3 Å². The molecule has 3 aromatic carbocycles. The summed E-state index contributed by atoms with van der Waals surface area (Å²) in [6.07, 6.45) is -0.364. The van der Waals surface area contributed by atoms with E-state index in [4.69, 9.17) is 11.6 Å². The normalized spacial score (nSPS) is 11.2. The maximum atomic E-state index is 12.4. The highest BCUT2D eigenvalue weighted by Crippen LogP contribution is 2.23. The van der Waals surface area contributed by atoms with Crippen molar-refractivity contribution in [2.24, 2.45) is 0 Å². The van der Waals surface area contributed by atoms with Crippen LogP contribution >= 0.6 is 11.6 Å². The van der Waals surface area contributed by atoms with Crippen molar-refractivity contribution >= 4 is 41.1 Å². The third-order valence-corrected chi connectivity index (χ3v) is 5.67. The van der Waals surface area contributed by atoms with Crippen molar-refractivity contribution in [3.63, 3.8) is 0 Å². The molecule has 1 atom stereocenters. The van der Waals surface area contributed by atoms with Gasteiger partial charge in [-0.05, 0) is 28.8 Å². The number of nitrogens with one attached hydrogen (secondary N) is 4. The molecule has 5 N–H and O–H groups in total. The van der Waals surface area contributed by atoms with Crippen LogP contribution in [0.5, 0.6) is 0 Å². The molecule has 10 heteroatoms. The zero-order chi connectivity index (χ0) is 26.6. The first-order valence-electron chi connectivity index (χ1n) is 11.5. The van der Waals surface area contributed by atoms with Crippen LogP contribution in [0.15, 0.2) is 78.9 Å². The van der Waals surface area contributed by atoms with E-state index in [2.05, 4.69) is 21.3 Å². The third-order valence-electron chi connectivity index (χ3n) is 5.34. The molecule has 0 aliphatic heterocycles. The highest BCUT2D eigenvalue weighted by molar-refractivity contribution is 6.33. The van der Waals surface area contributed by atoms with Crippen LogP contribution in [0.1, 0.15) is 24.4 Å². The molecule has 0 radical (unpaired) electrons. The van der Waals surface area contributed by atoms with Gasteiger partial charge in [0.25, 0.3) is 0 Å². The molecule has 0 bridgehead atoms. The van der Waals surface area contributed by atoms with Crippen molar-refractivity contribution in [1.82, 2.24) is 16.0 Å². The number of carboxylic acid groups (broad SMARTS) is 1. The summed E-state index contributed by atoms with van der Waals surface area (Å²) < 4.78 is 0. The molecular formula is C27H27ClN4O5. The third kappa shape index (κ3) is 8.97. The van der Waals surface area contributed by atoms with Gasteiger partial charge >= 0.3 is 12.0 Å². The van der Waals surface area contributed by atoms with Crippen LogP contribution < -0.4 is 21.3 Å². The number of carbonyl (C=O) groups excluding carboxylic acids is 3. The number of aliphatic carboxylic acids is 1. The number of carboxylic acids is 1. The van der Waals surface area contributed by atoms with E-state index in [1.54, 1.807) is 36.4 Å². The number of rotatable bonds is 11. The van der Waals surface area contributed by atoms with E-state index in [0.717, 1.165) is 11.1 Å². The number of amides is 4. The Balaban J connectivity index is 1.44. The largest absolute Gasteiger partial charge is 0.481 e. The van der Waals surface area contributed by atoms with Crippen LogP contribution in [0, 0.1) is 0 Å². The minimum atomic E-state index is -1.07. The molecule has 4 amide bonds. The summed E-state index contributed by atoms with van der Waals surface area (Å²) in [4.78, 5) is 47.8. The van der Waals surface area contributed by atoms with E-state index in [9.17, 15) is 24.3 Å². The summed E-state index contributed by atoms with van der Waals surface area (Å²) in [6, 6.07) is 22.4. The van der Waals surface area contributed by atoms with Crippen molar-refractivity contribution in [2.45, 2.75) is 18.9 Å². The lowest BCUT2D eigenvalue weighted by molar-refractivity contribution is -0.138. The average molecular weight is 523 g/mol. The van der Waals surface area contributed by atoms with E-state index in [-0.39, 0.29) is 25.9 Å². The SMILES string of the molecule is O=C(O)CC(NC(=O)CNC(=O)CCNC(=O)Nc1ccccc1Cl)c1ccc(-c2ccccc2)cc1. The van der Waals surface area contributed by atoms with Gasteiger partial charge in [0.2, 0.25) is 11.8 Å². The standard InChI is InChI=1S/C27H27ClN4O5/c28-21-8-4-5-9-22(21)32-27(37)29-15-14-24(33)30-17-25(34)31-23(16-26(35)36)20-12-10-19(11-13-20)18-6-2-1-3-7-18/h1-13,23H,14-17H2,(H,30,33)(H,31,34)(H,35,36)(H2,29,32,37). The van der Waals surface area contributed by atoms with Gasteiger partial charge in [0, 0.05) is 13.0 Å². The summed E-state index contributed by atoms with van der Waals surface area (Å²) in [5, 5.41) is 19.9. The lowest BCUT2D eigenvalue weighted by Crippen LogP contribution is -2.40. The topological polar surface area (TPSA) is 137 Å². The van der Waals surface area contributed by atoms with Crippen molar-refractivity contribution in [3.8, 4) is 11.1 Å². The zero-order valence-corrected chi connectivity index (χ0v) is 20.6. The highest BCUT2D eigenvalue weighted by atomic mass is 35.5. The Bertz CT molecular complexity index is 1240. The van der Waals surface area contributed by atoms with Gasteiger partial charge in [-0.15, -0.1) is 0 Å². The molecule has 0 aromatic heterocycles. The van der Waals surface area contributed by atoms with Gasteiger partial charge in [-0.25, -0.2) is 4.79 Å². The molecule has 9 nitrogen and oxygen atoms in total. The van der Waals surface area contributed by atoms with Crippen LogP contribution in [-0.4, -0.2) is 42.0 Å². The van der Waals surface area contributed by atoms with Crippen LogP contribution in [0.2, 0.25) is 5.02 Å². The Labute approximate surface area is 219 Å². The first kappa shape index (κ1) is 27.2. The second kappa shape index (κ2) is 13.6. The number of para-hydroxylation sites is 1. The fourth-order valence-corrected chi connectivity index (χ4v) is 3.68.